The van der Waals surface area contributed by atoms with Crippen LogP contribution in [0.25, 0.3) is 0 Å². The Kier molecular flexibility index (Phi) is 7.76. The van der Waals surface area contributed by atoms with Gasteiger partial charge in [-0.05, 0) is 47.2 Å². The van der Waals surface area contributed by atoms with Gasteiger partial charge in [0, 0.05) is 25.8 Å². The third-order valence-electron chi connectivity index (χ3n) is 2.39. The van der Waals surface area contributed by atoms with Crippen molar-refractivity contribution < 1.29 is 19.4 Å². The SMILES string of the molecule is COCCOCCCNC(=O)c1ccc(I)c(O)c1. The first-order chi connectivity index (χ1) is 9.15. The molecule has 2 N–H and O–H groups in total. The smallest absolute Gasteiger partial charge is 0.251 e. The van der Waals surface area contributed by atoms with Crippen molar-refractivity contribution in [2.75, 3.05) is 33.5 Å². The van der Waals surface area contributed by atoms with Crippen LogP contribution in [0.5, 0.6) is 5.75 Å². The van der Waals surface area contributed by atoms with Gasteiger partial charge < -0.3 is 19.9 Å². The molecule has 0 aliphatic rings. The molecule has 0 aliphatic carbocycles. The molecule has 1 aromatic rings. The van der Waals surface area contributed by atoms with Gasteiger partial charge in [0.05, 0.1) is 16.8 Å². The minimum absolute atomic E-state index is 0.121. The van der Waals surface area contributed by atoms with E-state index in [9.17, 15) is 9.90 Å². The molecule has 0 saturated heterocycles. The molecule has 0 unspecified atom stereocenters. The van der Waals surface area contributed by atoms with Crippen molar-refractivity contribution in [1.29, 1.82) is 0 Å². The summed E-state index contributed by atoms with van der Waals surface area (Å²) < 4.78 is 10.8. The van der Waals surface area contributed by atoms with Crippen LogP contribution in [0.3, 0.4) is 0 Å². The van der Waals surface area contributed by atoms with Crippen molar-refractivity contribution in [2.24, 2.45) is 0 Å². The molecule has 0 saturated carbocycles. The zero-order valence-corrected chi connectivity index (χ0v) is 13.0. The highest BCUT2D eigenvalue weighted by atomic mass is 127. The minimum atomic E-state index is -0.191. The second kappa shape index (κ2) is 9.11. The van der Waals surface area contributed by atoms with Gasteiger partial charge in [0.25, 0.3) is 5.91 Å². The third-order valence-corrected chi connectivity index (χ3v) is 3.30. The first kappa shape index (κ1) is 16.2. The van der Waals surface area contributed by atoms with Crippen LogP contribution in [0.1, 0.15) is 16.8 Å². The molecule has 5 nitrogen and oxygen atoms in total. The molecule has 0 aliphatic heterocycles. The van der Waals surface area contributed by atoms with Gasteiger partial charge in [0.2, 0.25) is 0 Å². The summed E-state index contributed by atoms with van der Waals surface area (Å²) in [5, 5.41) is 12.3. The summed E-state index contributed by atoms with van der Waals surface area (Å²) in [7, 11) is 1.63. The highest BCUT2D eigenvalue weighted by Crippen LogP contribution is 2.20. The van der Waals surface area contributed by atoms with Gasteiger partial charge in [0.15, 0.2) is 0 Å². The van der Waals surface area contributed by atoms with E-state index in [1.807, 2.05) is 22.6 Å². The number of phenolic OH excluding ortho intramolecular Hbond substituents is 1. The number of benzene rings is 1. The molecule has 6 heteroatoms. The number of carbonyl (C=O) groups excluding carboxylic acids is 1. The van der Waals surface area contributed by atoms with E-state index in [0.29, 0.717) is 31.9 Å². The predicted octanol–water partition coefficient (Wildman–Crippen LogP) is 1.78. The molecule has 0 heterocycles. The van der Waals surface area contributed by atoms with Crippen molar-refractivity contribution in [1.82, 2.24) is 5.32 Å². The highest BCUT2D eigenvalue weighted by molar-refractivity contribution is 14.1. The van der Waals surface area contributed by atoms with E-state index in [0.717, 1.165) is 9.99 Å². The van der Waals surface area contributed by atoms with Crippen LogP contribution < -0.4 is 5.32 Å². The second-order valence-corrected chi connectivity index (χ2v) is 5.04. The molecule has 0 fully saturated rings. The number of rotatable bonds is 8. The maximum absolute atomic E-state index is 11.8. The summed E-state index contributed by atoms with van der Waals surface area (Å²) in [6.45, 7) is 2.27. The third kappa shape index (κ3) is 6.22. The van der Waals surface area contributed by atoms with Gasteiger partial charge in [-0.3, -0.25) is 4.79 Å². The van der Waals surface area contributed by atoms with Gasteiger partial charge in [-0.25, -0.2) is 0 Å². The molecule has 106 valence electrons. The van der Waals surface area contributed by atoms with Crippen LogP contribution in [0.4, 0.5) is 0 Å². The minimum Gasteiger partial charge on any atom is -0.507 e. The van der Waals surface area contributed by atoms with Crippen molar-refractivity contribution in [2.45, 2.75) is 6.42 Å². The lowest BCUT2D eigenvalue weighted by Gasteiger charge is -2.07. The molecule has 1 rings (SSSR count). The molecule has 0 radical (unpaired) electrons. The average Bonchev–Trinajstić information content (AvgIpc) is 2.40. The summed E-state index contributed by atoms with van der Waals surface area (Å²) in [6.07, 6.45) is 0.742. The Morgan fingerprint density at radius 3 is 2.84 bits per heavy atom. The van der Waals surface area contributed by atoms with E-state index in [4.69, 9.17) is 9.47 Å². The quantitative estimate of drug-likeness (QED) is 0.534. The highest BCUT2D eigenvalue weighted by Gasteiger charge is 2.07. The Morgan fingerprint density at radius 2 is 2.16 bits per heavy atom. The van der Waals surface area contributed by atoms with Crippen LogP contribution in [-0.2, 0) is 9.47 Å². The Hall–Kier alpha value is -0.860. The van der Waals surface area contributed by atoms with Crippen molar-refractivity contribution in [3.05, 3.63) is 27.3 Å². The maximum Gasteiger partial charge on any atom is 0.251 e. The average molecular weight is 379 g/mol. The summed E-state index contributed by atoms with van der Waals surface area (Å²) in [6, 6.07) is 4.86. The molecule has 0 aromatic heterocycles. The zero-order chi connectivity index (χ0) is 14.1. The molecule has 1 aromatic carbocycles. The number of methoxy groups -OCH3 is 1. The number of phenols is 1. The van der Waals surface area contributed by atoms with Crippen molar-refractivity contribution in [3.8, 4) is 5.75 Å². The number of ether oxygens (including phenoxy) is 2. The van der Waals surface area contributed by atoms with E-state index in [-0.39, 0.29) is 11.7 Å². The zero-order valence-electron chi connectivity index (χ0n) is 10.8. The second-order valence-electron chi connectivity index (χ2n) is 3.88. The topological polar surface area (TPSA) is 67.8 Å². The number of nitrogens with one attached hydrogen (secondary N) is 1. The number of halogens is 1. The van der Waals surface area contributed by atoms with Crippen molar-refractivity contribution in [3.63, 3.8) is 0 Å². The van der Waals surface area contributed by atoms with E-state index in [2.05, 4.69) is 5.32 Å². The van der Waals surface area contributed by atoms with Gasteiger partial charge in [-0.2, -0.15) is 0 Å². The van der Waals surface area contributed by atoms with Crippen LogP contribution in [0.15, 0.2) is 18.2 Å². The Morgan fingerprint density at radius 1 is 1.37 bits per heavy atom. The summed E-state index contributed by atoms with van der Waals surface area (Å²) in [5.74, 6) is -0.0697. The van der Waals surface area contributed by atoms with Gasteiger partial charge in [-0.15, -0.1) is 0 Å². The Labute approximate surface area is 126 Å². The lowest BCUT2D eigenvalue weighted by Crippen LogP contribution is -2.25. The van der Waals surface area contributed by atoms with Crippen molar-refractivity contribution >= 4 is 28.5 Å². The van der Waals surface area contributed by atoms with E-state index >= 15 is 0 Å². The Bertz CT molecular complexity index is 412. The standard InChI is InChI=1S/C13H18INO4/c1-18-7-8-19-6-2-5-15-13(17)10-3-4-11(14)12(16)9-10/h3-4,9,16H,2,5-8H2,1H3,(H,15,17). The molecular formula is C13H18INO4. The lowest BCUT2D eigenvalue weighted by molar-refractivity contribution is 0.0688. The Balaban J connectivity index is 2.22. The fraction of sp³-hybridized carbons (Fsp3) is 0.462. The predicted molar refractivity (Wildman–Crippen MR) is 80.5 cm³/mol. The van der Waals surface area contributed by atoms with Crippen LogP contribution in [0, 0.1) is 3.57 Å². The number of hydrogen-bond donors (Lipinski definition) is 2. The fourth-order valence-corrected chi connectivity index (χ4v) is 1.71. The van der Waals surface area contributed by atoms with Crippen LogP contribution in [0.2, 0.25) is 0 Å². The molecule has 0 bridgehead atoms. The number of hydrogen-bond acceptors (Lipinski definition) is 4. The molecule has 19 heavy (non-hydrogen) atoms. The van der Waals surface area contributed by atoms with Gasteiger partial charge in [0.1, 0.15) is 5.75 Å². The normalized spacial score (nSPS) is 10.4. The number of carbonyl (C=O) groups is 1. The first-order valence-electron chi connectivity index (χ1n) is 5.98. The number of aromatic hydroxyl groups is 1. The summed E-state index contributed by atoms with van der Waals surface area (Å²) in [5.41, 5.74) is 0.457. The van der Waals surface area contributed by atoms with Gasteiger partial charge in [-0.1, -0.05) is 0 Å². The van der Waals surface area contributed by atoms with E-state index in [1.54, 1.807) is 19.2 Å². The van der Waals surface area contributed by atoms with Crippen LogP contribution in [-0.4, -0.2) is 44.5 Å². The largest absolute Gasteiger partial charge is 0.507 e. The first-order valence-corrected chi connectivity index (χ1v) is 7.06. The maximum atomic E-state index is 11.8. The summed E-state index contributed by atoms with van der Waals surface area (Å²) in [4.78, 5) is 11.8. The molecule has 0 spiro atoms. The monoisotopic (exact) mass is 379 g/mol. The molecular weight excluding hydrogens is 361 g/mol. The van der Waals surface area contributed by atoms with E-state index < -0.39 is 0 Å². The molecule has 1 amide bonds. The van der Waals surface area contributed by atoms with E-state index in [1.165, 1.54) is 6.07 Å². The number of amides is 1. The van der Waals surface area contributed by atoms with Crippen LogP contribution >= 0.6 is 22.6 Å². The summed E-state index contributed by atoms with van der Waals surface area (Å²) >= 11 is 2.01. The lowest BCUT2D eigenvalue weighted by atomic mass is 10.2. The van der Waals surface area contributed by atoms with Gasteiger partial charge >= 0.3 is 0 Å². The fourth-order valence-electron chi connectivity index (χ4n) is 1.38. The molecule has 0 atom stereocenters.